The fraction of sp³-hybridized carbons (Fsp3) is 0.167. The number of nitrogens with zero attached hydrogens (tertiary/aromatic N) is 1. The van der Waals surface area contributed by atoms with Gasteiger partial charge in [0.15, 0.2) is 0 Å². The van der Waals surface area contributed by atoms with E-state index >= 15 is 0 Å². The number of hydrogen-bond acceptors (Lipinski definition) is 5. The van der Waals surface area contributed by atoms with Crippen molar-refractivity contribution in [3.63, 3.8) is 0 Å². The topological polar surface area (TPSA) is 77.2 Å². The number of thiazole rings is 1. The zero-order valence-corrected chi connectivity index (χ0v) is 10.4. The van der Waals surface area contributed by atoms with Crippen molar-refractivity contribution in [1.82, 2.24) is 4.98 Å². The third kappa shape index (κ3) is 3.28. The van der Waals surface area contributed by atoms with Crippen LogP contribution in [0.25, 0.3) is 0 Å². The van der Waals surface area contributed by atoms with Gasteiger partial charge in [-0.1, -0.05) is 0 Å². The predicted molar refractivity (Wildman–Crippen MR) is 71.1 cm³/mol. The molecule has 0 fully saturated rings. The molecule has 18 heavy (non-hydrogen) atoms. The van der Waals surface area contributed by atoms with E-state index in [9.17, 15) is 4.79 Å². The van der Waals surface area contributed by atoms with E-state index in [2.05, 4.69) is 10.3 Å². The number of benzene rings is 1. The molecule has 0 spiro atoms. The minimum absolute atomic E-state index is 0.159. The van der Waals surface area contributed by atoms with E-state index < -0.39 is 0 Å². The molecule has 0 aliphatic carbocycles. The largest absolute Gasteiger partial charge is 0.492 e. The number of rotatable bonds is 5. The third-order valence-electron chi connectivity index (χ3n) is 2.15. The van der Waals surface area contributed by atoms with Gasteiger partial charge in [0.05, 0.1) is 11.7 Å². The molecule has 0 saturated heterocycles. The standard InChI is InChI=1S/C12H13N3O2S/c13-5-6-17-10-3-1-9(2-4-10)15-12(16)11-7-14-8-18-11/h1-4,7-8H,5-6,13H2,(H,15,16). The normalized spacial score (nSPS) is 10.1. The van der Waals surface area contributed by atoms with Crippen molar-refractivity contribution in [1.29, 1.82) is 0 Å². The van der Waals surface area contributed by atoms with Crippen molar-refractivity contribution in [2.75, 3.05) is 18.5 Å². The third-order valence-corrected chi connectivity index (χ3v) is 2.93. The van der Waals surface area contributed by atoms with Crippen LogP contribution in [-0.2, 0) is 0 Å². The quantitative estimate of drug-likeness (QED) is 0.861. The Bertz CT molecular complexity index is 497. The summed E-state index contributed by atoms with van der Waals surface area (Å²) in [6.45, 7) is 0.955. The fourth-order valence-electron chi connectivity index (χ4n) is 1.33. The van der Waals surface area contributed by atoms with Gasteiger partial charge in [0.1, 0.15) is 17.2 Å². The second kappa shape index (κ2) is 6.13. The van der Waals surface area contributed by atoms with E-state index in [0.29, 0.717) is 23.7 Å². The van der Waals surface area contributed by atoms with Gasteiger partial charge in [0, 0.05) is 12.2 Å². The molecule has 3 N–H and O–H groups in total. The number of carbonyl (C=O) groups excluding carboxylic acids is 1. The maximum absolute atomic E-state index is 11.7. The maximum atomic E-state index is 11.7. The summed E-state index contributed by atoms with van der Waals surface area (Å²) in [7, 11) is 0. The van der Waals surface area contributed by atoms with Crippen molar-refractivity contribution < 1.29 is 9.53 Å². The predicted octanol–water partition coefficient (Wildman–Crippen LogP) is 1.73. The van der Waals surface area contributed by atoms with Crippen molar-refractivity contribution in [3.05, 3.63) is 40.8 Å². The summed E-state index contributed by atoms with van der Waals surface area (Å²) in [6, 6.07) is 7.14. The van der Waals surface area contributed by atoms with E-state index in [1.165, 1.54) is 11.3 Å². The van der Waals surface area contributed by atoms with Crippen LogP contribution in [0, 0.1) is 0 Å². The highest BCUT2D eigenvalue weighted by Gasteiger charge is 2.07. The number of aromatic nitrogens is 1. The zero-order chi connectivity index (χ0) is 12.8. The molecular formula is C12H13N3O2S. The first-order valence-electron chi connectivity index (χ1n) is 5.42. The second-order valence-electron chi connectivity index (χ2n) is 3.48. The first-order chi connectivity index (χ1) is 8.79. The smallest absolute Gasteiger partial charge is 0.267 e. The minimum Gasteiger partial charge on any atom is -0.492 e. The van der Waals surface area contributed by atoms with E-state index in [-0.39, 0.29) is 5.91 Å². The van der Waals surface area contributed by atoms with Crippen LogP contribution in [0.15, 0.2) is 36.0 Å². The summed E-state index contributed by atoms with van der Waals surface area (Å²) in [4.78, 5) is 16.2. The molecule has 0 bridgehead atoms. The van der Waals surface area contributed by atoms with Crippen LogP contribution < -0.4 is 15.8 Å². The average molecular weight is 263 g/mol. The molecule has 2 aromatic rings. The van der Waals surface area contributed by atoms with Crippen LogP contribution in [-0.4, -0.2) is 24.0 Å². The van der Waals surface area contributed by atoms with Gasteiger partial charge in [-0.3, -0.25) is 9.78 Å². The molecule has 94 valence electrons. The lowest BCUT2D eigenvalue weighted by Gasteiger charge is -2.06. The molecular weight excluding hydrogens is 250 g/mol. The highest BCUT2D eigenvalue weighted by atomic mass is 32.1. The van der Waals surface area contributed by atoms with Crippen LogP contribution in [0.3, 0.4) is 0 Å². The molecule has 5 nitrogen and oxygen atoms in total. The van der Waals surface area contributed by atoms with Gasteiger partial charge < -0.3 is 15.8 Å². The number of hydrogen-bond donors (Lipinski definition) is 2. The van der Waals surface area contributed by atoms with Crippen molar-refractivity contribution in [2.45, 2.75) is 0 Å². The molecule has 0 atom stereocenters. The van der Waals surface area contributed by atoms with Gasteiger partial charge >= 0.3 is 0 Å². The molecule has 1 heterocycles. The van der Waals surface area contributed by atoms with Crippen LogP contribution in [0.4, 0.5) is 5.69 Å². The van der Waals surface area contributed by atoms with Crippen LogP contribution >= 0.6 is 11.3 Å². The molecule has 2 rings (SSSR count). The fourth-order valence-corrected chi connectivity index (χ4v) is 1.85. The van der Waals surface area contributed by atoms with Crippen molar-refractivity contribution in [3.8, 4) is 5.75 Å². The van der Waals surface area contributed by atoms with Crippen LogP contribution in [0.5, 0.6) is 5.75 Å². The molecule has 1 aromatic heterocycles. The van der Waals surface area contributed by atoms with Gasteiger partial charge in [0.25, 0.3) is 5.91 Å². The highest BCUT2D eigenvalue weighted by molar-refractivity contribution is 7.11. The van der Waals surface area contributed by atoms with Crippen LogP contribution in [0.2, 0.25) is 0 Å². The Morgan fingerprint density at radius 3 is 2.78 bits per heavy atom. The summed E-state index contributed by atoms with van der Waals surface area (Å²) in [5, 5.41) is 2.78. The molecule has 0 aliphatic rings. The van der Waals surface area contributed by atoms with Gasteiger partial charge in [-0.2, -0.15) is 0 Å². The Hall–Kier alpha value is -1.92. The number of carbonyl (C=O) groups is 1. The van der Waals surface area contributed by atoms with Crippen molar-refractivity contribution >= 4 is 22.9 Å². The van der Waals surface area contributed by atoms with Gasteiger partial charge in [0.2, 0.25) is 0 Å². The first-order valence-corrected chi connectivity index (χ1v) is 6.30. The van der Waals surface area contributed by atoms with Gasteiger partial charge in [-0.05, 0) is 24.3 Å². The Morgan fingerprint density at radius 1 is 1.39 bits per heavy atom. The Balaban J connectivity index is 1.96. The molecule has 0 saturated carbocycles. The van der Waals surface area contributed by atoms with E-state index in [1.54, 1.807) is 36.0 Å². The maximum Gasteiger partial charge on any atom is 0.267 e. The molecule has 1 aromatic carbocycles. The minimum atomic E-state index is -0.159. The number of amides is 1. The Labute approximate surface area is 109 Å². The molecule has 0 aliphatic heterocycles. The lowest BCUT2D eigenvalue weighted by molar-refractivity contribution is 0.103. The monoisotopic (exact) mass is 263 g/mol. The van der Waals surface area contributed by atoms with Gasteiger partial charge in [-0.15, -0.1) is 11.3 Å². The molecule has 1 amide bonds. The number of anilines is 1. The summed E-state index contributed by atoms with van der Waals surface area (Å²) in [5.41, 5.74) is 7.68. The molecule has 6 heteroatoms. The second-order valence-corrected chi connectivity index (χ2v) is 4.37. The highest BCUT2D eigenvalue weighted by Crippen LogP contribution is 2.17. The van der Waals surface area contributed by atoms with E-state index in [0.717, 1.165) is 5.75 Å². The number of ether oxygens (including phenoxy) is 1. The van der Waals surface area contributed by atoms with E-state index in [1.807, 2.05) is 0 Å². The first kappa shape index (κ1) is 12.5. The Kier molecular flexibility index (Phi) is 4.27. The molecule has 0 radical (unpaired) electrons. The summed E-state index contributed by atoms with van der Waals surface area (Å²) < 4.78 is 5.34. The lowest BCUT2D eigenvalue weighted by Crippen LogP contribution is -2.11. The lowest BCUT2D eigenvalue weighted by atomic mass is 10.3. The zero-order valence-electron chi connectivity index (χ0n) is 9.63. The van der Waals surface area contributed by atoms with E-state index in [4.69, 9.17) is 10.5 Å². The van der Waals surface area contributed by atoms with Crippen LogP contribution in [0.1, 0.15) is 9.67 Å². The van der Waals surface area contributed by atoms with Gasteiger partial charge in [-0.25, -0.2) is 0 Å². The SMILES string of the molecule is NCCOc1ccc(NC(=O)c2cncs2)cc1. The number of nitrogens with one attached hydrogen (secondary N) is 1. The summed E-state index contributed by atoms with van der Waals surface area (Å²) >= 11 is 1.30. The summed E-state index contributed by atoms with van der Waals surface area (Å²) in [5.74, 6) is 0.573. The Morgan fingerprint density at radius 2 is 2.17 bits per heavy atom. The molecule has 0 unspecified atom stereocenters. The average Bonchev–Trinajstić information content (AvgIpc) is 2.92. The van der Waals surface area contributed by atoms with Crippen molar-refractivity contribution in [2.24, 2.45) is 5.73 Å². The summed E-state index contributed by atoms with van der Waals surface area (Å²) in [6.07, 6.45) is 1.54. The number of nitrogens with two attached hydrogens (primary N) is 1.